The van der Waals surface area contributed by atoms with Crippen molar-refractivity contribution in [3.63, 3.8) is 0 Å². The van der Waals surface area contributed by atoms with Crippen molar-refractivity contribution in [2.75, 3.05) is 6.54 Å². The summed E-state index contributed by atoms with van der Waals surface area (Å²) in [5.74, 6) is 0. The SMILES string of the molecule is Cc1cc(C)cc(CC2(CN)CCC(C)(C)CC2)c1. The van der Waals surface area contributed by atoms with Crippen LogP contribution in [-0.4, -0.2) is 6.54 Å². The van der Waals surface area contributed by atoms with Gasteiger partial charge in [0.25, 0.3) is 0 Å². The van der Waals surface area contributed by atoms with Gasteiger partial charge in [-0.15, -0.1) is 0 Å². The van der Waals surface area contributed by atoms with Crippen LogP contribution < -0.4 is 5.73 Å². The van der Waals surface area contributed by atoms with Gasteiger partial charge >= 0.3 is 0 Å². The van der Waals surface area contributed by atoms with Gasteiger partial charge in [0.15, 0.2) is 0 Å². The molecule has 1 aliphatic rings. The van der Waals surface area contributed by atoms with Crippen molar-refractivity contribution in [3.05, 3.63) is 34.9 Å². The van der Waals surface area contributed by atoms with Crippen LogP contribution in [0.15, 0.2) is 18.2 Å². The third-order valence-electron chi connectivity index (χ3n) is 4.96. The molecular weight excluding hydrogens is 230 g/mol. The third kappa shape index (κ3) is 3.60. The highest BCUT2D eigenvalue weighted by atomic mass is 14.6. The van der Waals surface area contributed by atoms with Crippen LogP contribution in [0.3, 0.4) is 0 Å². The van der Waals surface area contributed by atoms with Crippen molar-refractivity contribution < 1.29 is 0 Å². The molecule has 0 bridgehead atoms. The molecule has 0 amide bonds. The zero-order valence-electron chi connectivity index (χ0n) is 13.1. The highest BCUT2D eigenvalue weighted by Gasteiger charge is 2.37. The summed E-state index contributed by atoms with van der Waals surface area (Å²) in [5, 5.41) is 0. The van der Waals surface area contributed by atoms with Gasteiger partial charge in [-0.2, -0.15) is 0 Å². The fourth-order valence-corrected chi connectivity index (χ4v) is 3.51. The lowest BCUT2D eigenvalue weighted by Crippen LogP contribution is -2.39. The van der Waals surface area contributed by atoms with Crippen LogP contribution in [0.1, 0.15) is 56.2 Å². The molecule has 2 N–H and O–H groups in total. The Morgan fingerprint density at radius 3 is 1.95 bits per heavy atom. The van der Waals surface area contributed by atoms with Gasteiger partial charge in [-0.1, -0.05) is 43.2 Å². The topological polar surface area (TPSA) is 26.0 Å². The number of hydrogen-bond donors (Lipinski definition) is 1. The summed E-state index contributed by atoms with van der Waals surface area (Å²) >= 11 is 0. The molecular formula is C18H29N. The van der Waals surface area contributed by atoms with Crippen LogP contribution in [0.2, 0.25) is 0 Å². The molecule has 1 fully saturated rings. The summed E-state index contributed by atoms with van der Waals surface area (Å²) in [5.41, 5.74) is 11.2. The number of benzene rings is 1. The number of nitrogens with two attached hydrogens (primary N) is 1. The smallest absolute Gasteiger partial charge is 0.00173 e. The van der Waals surface area contributed by atoms with Crippen molar-refractivity contribution in [2.24, 2.45) is 16.6 Å². The third-order valence-corrected chi connectivity index (χ3v) is 4.96. The Morgan fingerprint density at radius 2 is 1.47 bits per heavy atom. The second-order valence-electron chi connectivity index (χ2n) is 7.54. The Hall–Kier alpha value is -0.820. The van der Waals surface area contributed by atoms with Crippen LogP contribution in [0.4, 0.5) is 0 Å². The van der Waals surface area contributed by atoms with Gasteiger partial charge < -0.3 is 5.73 Å². The van der Waals surface area contributed by atoms with Crippen LogP contribution >= 0.6 is 0 Å². The maximum absolute atomic E-state index is 6.15. The minimum Gasteiger partial charge on any atom is -0.330 e. The summed E-state index contributed by atoms with van der Waals surface area (Å²) in [7, 11) is 0. The van der Waals surface area contributed by atoms with E-state index in [4.69, 9.17) is 5.73 Å². The zero-order chi connectivity index (χ0) is 14.1. The minimum atomic E-state index is 0.343. The fourth-order valence-electron chi connectivity index (χ4n) is 3.51. The van der Waals surface area contributed by atoms with Gasteiger partial charge in [-0.3, -0.25) is 0 Å². The van der Waals surface area contributed by atoms with Gasteiger partial charge in [0.05, 0.1) is 0 Å². The van der Waals surface area contributed by atoms with Crippen molar-refractivity contribution >= 4 is 0 Å². The van der Waals surface area contributed by atoms with E-state index in [1.807, 2.05) is 0 Å². The molecule has 0 spiro atoms. The van der Waals surface area contributed by atoms with Gasteiger partial charge in [0.2, 0.25) is 0 Å². The number of rotatable bonds is 3. The quantitative estimate of drug-likeness (QED) is 0.856. The van der Waals surface area contributed by atoms with E-state index >= 15 is 0 Å². The fraction of sp³-hybridized carbons (Fsp3) is 0.667. The summed E-state index contributed by atoms with van der Waals surface area (Å²) in [6.45, 7) is 10.00. The van der Waals surface area contributed by atoms with E-state index < -0.39 is 0 Å². The van der Waals surface area contributed by atoms with E-state index in [1.54, 1.807) is 0 Å². The molecule has 1 nitrogen and oxygen atoms in total. The number of aryl methyl sites for hydroxylation is 2. The first-order valence-corrected chi connectivity index (χ1v) is 7.62. The Morgan fingerprint density at radius 1 is 0.947 bits per heavy atom. The Balaban J connectivity index is 2.15. The molecule has 0 radical (unpaired) electrons. The average Bonchev–Trinajstić information content (AvgIpc) is 2.31. The van der Waals surface area contributed by atoms with Gasteiger partial charge in [0.1, 0.15) is 0 Å². The predicted octanol–water partition coefficient (Wildman–Crippen LogP) is 4.39. The molecule has 2 rings (SSSR count). The summed E-state index contributed by atoms with van der Waals surface area (Å²) in [6.07, 6.45) is 6.35. The van der Waals surface area contributed by atoms with E-state index in [1.165, 1.54) is 42.4 Å². The molecule has 1 aliphatic carbocycles. The largest absolute Gasteiger partial charge is 0.330 e. The van der Waals surface area contributed by atoms with Crippen LogP contribution in [0, 0.1) is 24.7 Å². The van der Waals surface area contributed by atoms with E-state index in [0.29, 0.717) is 10.8 Å². The zero-order valence-corrected chi connectivity index (χ0v) is 13.1. The Bertz CT molecular complexity index is 415. The molecule has 0 heterocycles. The summed E-state index contributed by atoms with van der Waals surface area (Å²) in [4.78, 5) is 0. The van der Waals surface area contributed by atoms with E-state index in [0.717, 1.165) is 13.0 Å². The van der Waals surface area contributed by atoms with Crippen molar-refractivity contribution in [1.29, 1.82) is 0 Å². The lowest BCUT2D eigenvalue weighted by Gasteiger charge is -2.43. The molecule has 1 aromatic carbocycles. The molecule has 0 atom stereocenters. The monoisotopic (exact) mass is 259 g/mol. The molecule has 0 aliphatic heterocycles. The maximum Gasteiger partial charge on any atom is -0.00173 e. The van der Waals surface area contributed by atoms with E-state index in [2.05, 4.69) is 45.9 Å². The highest BCUT2D eigenvalue weighted by molar-refractivity contribution is 5.29. The highest BCUT2D eigenvalue weighted by Crippen LogP contribution is 2.46. The second-order valence-corrected chi connectivity index (χ2v) is 7.54. The summed E-state index contributed by atoms with van der Waals surface area (Å²) < 4.78 is 0. The van der Waals surface area contributed by atoms with Crippen molar-refractivity contribution in [3.8, 4) is 0 Å². The predicted molar refractivity (Wildman–Crippen MR) is 83.4 cm³/mol. The van der Waals surface area contributed by atoms with Gasteiger partial charge in [-0.05, 0) is 68.9 Å². The Kier molecular flexibility index (Phi) is 4.06. The first-order chi connectivity index (χ1) is 8.84. The van der Waals surface area contributed by atoms with Crippen LogP contribution in [-0.2, 0) is 6.42 Å². The standard InChI is InChI=1S/C18H29N/c1-14-9-15(2)11-16(10-14)12-18(13-19)7-5-17(3,4)6-8-18/h9-11H,5-8,12-13,19H2,1-4H3. The van der Waals surface area contributed by atoms with Crippen LogP contribution in [0.5, 0.6) is 0 Å². The lowest BCUT2D eigenvalue weighted by molar-refractivity contribution is 0.108. The first kappa shape index (κ1) is 14.6. The summed E-state index contributed by atoms with van der Waals surface area (Å²) in [6, 6.07) is 6.93. The van der Waals surface area contributed by atoms with Gasteiger partial charge in [0, 0.05) is 0 Å². The molecule has 19 heavy (non-hydrogen) atoms. The molecule has 1 saturated carbocycles. The molecule has 1 heteroatoms. The molecule has 106 valence electrons. The maximum atomic E-state index is 6.15. The molecule has 0 unspecified atom stereocenters. The van der Waals surface area contributed by atoms with Crippen molar-refractivity contribution in [2.45, 2.75) is 59.8 Å². The molecule has 1 aromatic rings. The van der Waals surface area contributed by atoms with E-state index in [9.17, 15) is 0 Å². The minimum absolute atomic E-state index is 0.343. The Labute approximate surface area is 118 Å². The average molecular weight is 259 g/mol. The van der Waals surface area contributed by atoms with E-state index in [-0.39, 0.29) is 0 Å². The lowest BCUT2D eigenvalue weighted by atomic mass is 9.63. The number of hydrogen-bond acceptors (Lipinski definition) is 1. The van der Waals surface area contributed by atoms with Crippen LogP contribution in [0.25, 0.3) is 0 Å². The second kappa shape index (κ2) is 5.28. The normalized spacial score (nSPS) is 21.3. The molecule has 0 saturated heterocycles. The molecule has 0 aromatic heterocycles. The van der Waals surface area contributed by atoms with Crippen molar-refractivity contribution in [1.82, 2.24) is 0 Å². The van der Waals surface area contributed by atoms with Gasteiger partial charge in [-0.25, -0.2) is 0 Å². The first-order valence-electron chi connectivity index (χ1n) is 7.62.